The number of aromatic nitrogens is 2. The van der Waals surface area contributed by atoms with Crippen molar-refractivity contribution in [3.05, 3.63) is 58.3 Å². The highest BCUT2D eigenvalue weighted by Crippen LogP contribution is 2.42. The molecular formula is C16H18N4O2. The fourth-order valence-corrected chi connectivity index (χ4v) is 3.81. The zero-order valence-electron chi connectivity index (χ0n) is 12.1. The monoisotopic (exact) mass is 298 g/mol. The van der Waals surface area contributed by atoms with Crippen LogP contribution in [0.25, 0.3) is 0 Å². The fourth-order valence-electron chi connectivity index (χ4n) is 3.81. The lowest BCUT2D eigenvalue weighted by atomic mass is 9.89. The minimum absolute atomic E-state index is 0.0621. The van der Waals surface area contributed by atoms with Crippen molar-refractivity contribution in [2.24, 2.45) is 11.8 Å². The molecule has 1 amide bonds. The molecule has 0 radical (unpaired) electrons. The van der Waals surface area contributed by atoms with Crippen LogP contribution >= 0.6 is 0 Å². The van der Waals surface area contributed by atoms with Crippen LogP contribution in [-0.4, -0.2) is 40.4 Å². The van der Waals surface area contributed by atoms with Crippen molar-refractivity contribution in [2.45, 2.75) is 6.04 Å². The van der Waals surface area contributed by atoms with E-state index < -0.39 is 0 Å². The second kappa shape index (κ2) is 5.14. The van der Waals surface area contributed by atoms with Crippen molar-refractivity contribution in [1.82, 2.24) is 20.2 Å². The molecule has 2 saturated heterocycles. The number of likely N-dealkylation sites (tertiary alicyclic amines) is 1. The molecule has 2 aliphatic heterocycles. The highest BCUT2D eigenvalue weighted by atomic mass is 16.2. The summed E-state index contributed by atoms with van der Waals surface area (Å²) in [5.41, 5.74) is 1.14. The summed E-state index contributed by atoms with van der Waals surface area (Å²) in [6, 6.07) is 10.2. The number of hydrogen-bond donors (Lipinski definition) is 3. The number of H-pyrrole nitrogens is 2. The summed E-state index contributed by atoms with van der Waals surface area (Å²) in [4.78, 5) is 31.0. The molecular weight excluding hydrogens is 280 g/mol. The molecule has 114 valence electrons. The minimum atomic E-state index is -0.347. The Bertz CT molecular complexity index is 736. The SMILES string of the molecule is O=C(c1c[nH]c(=O)[nH]1)N1C[C@@H]2CNC[C@@H]2[C@H]1c1ccccc1. The zero-order chi connectivity index (χ0) is 15.1. The topological polar surface area (TPSA) is 81.0 Å². The Morgan fingerprint density at radius 2 is 2.00 bits per heavy atom. The van der Waals surface area contributed by atoms with Gasteiger partial charge in [-0.25, -0.2) is 4.79 Å². The molecule has 2 aliphatic rings. The Morgan fingerprint density at radius 3 is 2.73 bits per heavy atom. The smallest absolute Gasteiger partial charge is 0.323 e. The second-order valence-corrected chi connectivity index (χ2v) is 6.05. The number of carbonyl (C=O) groups is 1. The standard InChI is InChI=1S/C16H18N4O2/c21-15(13-8-18-16(22)19-13)20-9-11-6-17-7-12(11)14(20)10-4-2-1-3-5-10/h1-5,8,11-12,14,17H,6-7,9H2,(H2,18,19,22)/t11-,12-,14+/m0/s1. The zero-order valence-corrected chi connectivity index (χ0v) is 12.1. The van der Waals surface area contributed by atoms with E-state index in [2.05, 4.69) is 27.4 Å². The maximum atomic E-state index is 12.8. The molecule has 4 rings (SSSR count). The first-order valence-corrected chi connectivity index (χ1v) is 7.58. The van der Waals surface area contributed by atoms with Gasteiger partial charge >= 0.3 is 5.69 Å². The minimum Gasteiger partial charge on any atom is -0.330 e. The number of benzene rings is 1. The molecule has 2 aromatic rings. The molecule has 6 heteroatoms. The molecule has 0 saturated carbocycles. The van der Waals surface area contributed by atoms with Gasteiger partial charge in [0.2, 0.25) is 0 Å². The van der Waals surface area contributed by atoms with Gasteiger partial charge in [0.1, 0.15) is 5.69 Å². The molecule has 2 fully saturated rings. The number of nitrogens with one attached hydrogen (secondary N) is 3. The van der Waals surface area contributed by atoms with E-state index in [0.29, 0.717) is 17.5 Å². The van der Waals surface area contributed by atoms with Crippen molar-refractivity contribution in [3.8, 4) is 0 Å². The Morgan fingerprint density at radius 1 is 1.18 bits per heavy atom. The summed E-state index contributed by atoms with van der Waals surface area (Å²) in [6.07, 6.45) is 1.46. The van der Waals surface area contributed by atoms with Gasteiger partial charge in [0.15, 0.2) is 0 Å². The van der Waals surface area contributed by atoms with Crippen LogP contribution in [0.4, 0.5) is 0 Å². The van der Waals surface area contributed by atoms with Crippen LogP contribution in [0.1, 0.15) is 22.1 Å². The van der Waals surface area contributed by atoms with Crippen LogP contribution in [0.15, 0.2) is 41.3 Å². The number of amides is 1. The molecule has 0 aliphatic carbocycles. The van der Waals surface area contributed by atoms with Crippen molar-refractivity contribution in [2.75, 3.05) is 19.6 Å². The summed E-state index contributed by atoms with van der Waals surface area (Å²) in [5, 5.41) is 3.43. The Kier molecular flexibility index (Phi) is 3.11. The molecule has 6 nitrogen and oxygen atoms in total. The van der Waals surface area contributed by atoms with E-state index in [0.717, 1.165) is 25.2 Å². The van der Waals surface area contributed by atoms with Crippen molar-refractivity contribution >= 4 is 5.91 Å². The first-order valence-electron chi connectivity index (χ1n) is 7.58. The van der Waals surface area contributed by atoms with Gasteiger partial charge < -0.3 is 20.2 Å². The lowest BCUT2D eigenvalue weighted by molar-refractivity contribution is 0.0708. The maximum Gasteiger partial charge on any atom is 0.323 e. The molecule has 3 heterocycles. The summed E-state index contributed by atoms with van der Waals surface area (Å²) in [6.45, 7) is 2.60. The van der Waals surface area contributed by atoms with Gasteiger partial charge in [0, 0.05) is 31.7 Å². The Labute approximate surface area is 127 Å². The average molecular weight is 298 g/mol. The number of fused-ring (bicyclic) bond motifs is 1. The van der Waals surface area contributed by atoms with E-state index in [-0.39, 0.29) is 17.6 Å². The van der Waals surface area contributed by atoms with Crippen LogP contribution in [0, 0.1) is 11.8 Å². The molecule has 1 aromatic carbocycles. The lowest BCUT2D eigenvalue weighted by Gasteiger charge is -2.28. The molecule has 1 aromatic heterocycles. The van der Waals surface area contributed by atoms with E-state index >= 15 is 0 Å². The molecule has 3 N–H and O–H groups in total. The lowest BCUT2D eigenvalue weighted by Crippen LogP contribution is -2.35. The third-order valence-electron chi connectivity index (χ3n) is 4.79. The van der Waals surface area contributed by atoms with E-state index in [1.165, 1.54) is 6.20 Å². The van der Waals surface area contributed by atoms with Crippen molar-refractivity contribution in [1.29, 1.82) is 0 Å². The number of rotatable bonds is 2. The average Bonchev–Trinajstić information content (AvgIpc) is 3.22. The van der Waals surface area contributed by atoms with Gasteiger partial charge in [-0.3, -0.25) is 4.79 Å². The Balaban J connectivity index is 1.71. The van der Waals surface area contributed by atoms with Gasteiger partial charge in [-0.2, -0.15) is 0 Å². The first-order chi connectivity index (χ1) is 10.7. The van der Waals surface area contributed by atoms with E-state index in [9.17, 15) is 9.59 Å². The third kappa shape index (κ3) is 2.07. The van der Waals surface area contributed by atoms with Gasteiger partial charge in [0.05, 0.1) is 6.04 Å². The quantitative estimate of drug-likeness (QED) is 0.765. The molecule has 0 unspecified atom stereocenters. The Hall–Kier alpha value is -2.34. The second-order valence-electron chi connectivity index (χ2n) is 6.05. The van der Waals surface area contributed by atoms with E-state index in [1.54, 1.807) is 0 Å². The number of imidazole rings is 1. The normalized spacial score (nSPS) is 27.1. The van der Waals surface area contributed by atoms with Gasteiger partial charge in [0.25, 0.3) is 5.91 Å². The van der Waals surface area contributed by atoms with Crippen LogP contribution in [-0.2, 0) is 0 Å². The van der Waals surface area contributed by atoms with Gasteiger partial charge in [-0.1, -0.05) is 30.3 Å². The van der Waals surface area contributed by atoms with Crippen molar-refractivity contribution < 1.29 is 4.79 Å². The summed E-state index contributed by atoms with van der Waals surface area (Å²) in [5.74, 6) is 0.790. The highest BCUT2D eigenvalue weighted by Gasteiger charge is 2.47. The molecule has 22 heavy (non-hydrogen) atoms. The third-order valence-corrected chi connectivity index (χ3v) is 4.79. The van der Waals surface area contributed by atoms with Gasteiger partial charge in [-0.05, 0) is 11.5 Å². The van der Waals surface area contributed by atoms with Gasteiger partial charge in [-0.15, -0.1) is 0 Å². The highest BCUT2D eigenvalue weighted by molar-refractivity contribution is 5.92. The predicted octanol–water partition coefficient (Wildman–Crippen LogP) is 0.736. The van der Waals surface area contributed by atoms with Crippen LogP contribution in [0.2, 0.25) is 0 Å². The number of aromatic amines is 2. The predicted molar refractivity (Wildman–Crippen MR) is 81.5 cm³/mol. The number of carbonyl (C=O) groups excluding carboxylic acids is 1. The number of nitrogens with zero attached hydrogens (tertiary/aromatic N) is 1. The largest absolute Gasteiger partial charge is 0.330 e. The van der Waals surface area contributed by atoms with Crippen LogP contribution in [0.3, 0.4) is 0 Å². The number of hydrogen-bond acceptors (Lipinski definition) is 3. The molecule has 0 spiro atoms. The summed E-state index contributed by atoms with van der Waals surface area (Å²) >= 11 is 0. The summed E-state index contributed by atoms with van der Waals surface area (Å²) < 4.78 is 0. The van der Waals surface area contributed by atoms with Crippen LogP contribution < -0.4 is 11.0 Å². The summed E-state index contributed by atoms with van der Waals surface area (Å²) in [7, 11) is 0. The van der Waals surface area contributed by atoms with Crippen molar-refractivity contribution in [3.63, 3.8) is 0 Å². The molecule has 3 atom stereocenters. The fraction of sp³-hybridized carbons (Fsp3) is 0.375. The first kappa shape index (κ1) is 13.3. The van der Waals surface area contributed by atoms with E-state index in [1.807, 2.05) is 23.1 Å². The maximum absolute atomic E-state index is 12.8. The van der Waals surface area contributed by atoms with E-state index in [4.69, 9.17) is 0 Å². The van der Waals surface area contributed by atoms with Crippen LogP contribution in [0.5, 0.6) is 0 Å². The molecule has 0 bridgehead atoms.